The molecule has 7 nitrogen and oxygen atoms in total. The van der Waals surface area contributed by atoms with Crippen LogP contribution in [0.25, 0.3) is 0 Å². The van der Waals surface area contributed by atoms with E-state index in [-0.39, 0.29) is 73.8 Å². The smallest absolute Gasteiger partial charge is 0.336 e. The number of hydrogen-bond acceptors (Lipinski definition) is 4. The Labute approximate surface area is 143 Å². The Morgan fingerprint density at radius 3 is 1.33 bits per heavy atom. The van der Waals surface area contributed by atoms with E-state index in [1.165, 1.54) is 0 Å². The minimum Gasteiger partial charge on any atom is -0.481 e. The van der Waals surface area contributed by atoms with Gasteiger partial charge in [-0.05, 0) is 0 Å². The third-order valence-corrected chi connectivity index (χ3v) is 1.29. The standard InChI is InChI=1S/C6H8O7.Au.K/c7-3(8)1-6(13,5(11)12)2-4(9)10;;/h13H,1-2H2,(H,7,8)(H,9,10)(H,11,12);;. The summed E-state index contributed by atoms with van der Waals surface area (Å²) in [5.41, 5.74) is -2.74. The van der Waals surface area contributed by atoms with Gasteiger partial charge in [-0.2, -0.15) is 0 Å². The molecule has 0 saturated carbocycles. The molecular formula is C6H8AuKO7. The summed E-state index contributed by atoms with van der Waals surface area (Å²) in [5.74, 6) is -5.02. The molecular weight excluding hydrogens is 420 g/mol. The zero-order valence-electron chi connectivity index (χ0n) is 7.73. The van der Waals surface area contributed by atoms with Gasteiger partial charge >= 0.3 is 17.9 Å². The summed E-state index contributed by atoms with van der Waals surface area (Å²) in [5, 5.41) is 33.8. The molecule has 0 aliphatic rings. The first-order chi connectivity index (χ1) is 5.78. The van der Waals surface area contributed by atoms with E-state index in [2.05, 4.69) is 0 Å². The van der Waals surface area contributed by atoms with E-state index in [1.54, 1.807) is 0 Å². The Morgan fingerprint density at radius 2 is 1.20 bits per heavy atom. The number of carboxylic acids is 3. The maximum absolute atomic E-state index is 10.3. The molecule has 0 aromatic carbocycles. The molecule has 0 heterocycles. The summed E-state index contributed by atoms with van der Waals surface area (Å²) in [6.07, 6.45) is -2.29. The molecule has 0 bridgehead atoms. The molecule has 0 aromatic rings. The first-order valence-corrected chi connectivity index (χ1v) is 3.17. The van der Waals surface area contributed by atoms with Crippen molar-refractivity contribution in [1.82, 2.24) is 0 Å². The van der Waals surface area contributed by atoms with Gasteiger partial charge in [-0.3, -0.25) is 9.59 Å². The van der Waals surface area contributed by atoms with Crippen LogP contribution in [0.15, 0.2) is 0 Å². The molecule has 0 fully saturated rings. The first kappa shape index (κ1) is 21.1. The van der Waals surface area contributed by atoms with E-state index in [0.29, 0.717) is 0 Å². The summed E-state index contributed by atoms with van der Waals surface area (Å²) >= 11 is 0. The molecule has 4 N–H and O–H groups in total. The van der Waals surface area contributed by atoms with Gasteiger partial charge in [0.2, 0.25) is 0 Å². The van der Waals surface area contributed by atoms with Crippen molar-refractivity contribution in [3.05, 3.63) is 0 Å². The van der Waals surface area contributed by atoms with Crippen LogP contribution in [0, 0.1) is 0 Å². The predicted octanol–water partition coefficient (Wildman–Crippen LogP) is -1.63. The molecule has 0 aliphatic carbocycles. The minimum atomic E-state index is -2.74. The molecule has 0 atom stereocenters. The van der Waals surface area contributed by atoms with Gasteiger partial charge in [0.05, 0.1) is 12.8 Å². The van der Waals surface area contributed by atoms with E-state index in [1.807, 2.05) is 0 Å². The monoisotopic (exact) mass is 428 g/mol. The van der Waals surface area contributed by atoms with Crippen molar-refractivity contribution in [3.63, 3.8) is 0 Å². The Bertz CT molecular complexity index is 238. The molecule has 0 saturated heterocycles. The number of rotatable bonds is 5. The number of hydrogen-bond donors (Lipinski definition) is 4. The van der Waals surface area contributed by atoms with Crippen LogP contribution < -0.4 is 0 Å². The summed E-state index contributed by atoms with van der Waals surface area (Å²) in [6.45, 7) is 0. The quantitative estimate of drug-likeness (QED) is 0.387. The topological polar surface area (TPSA) is 132 Å². The van der Waals surface area contributed by atoms with Crippen molar-refractivity contribution >= 4 is 69.3 Å². The van der Waals surface area contributed by atoms with Crippen LogP contribution in [0.5, 0.6) is 0 Å². The van der Waals surface area contributed by atoms with Gasteiger partial charge in [0.15, 0.2) is 5.60 Å². The van der Waals surface area contributed by atoms with Crippen LogP contribution in [0.3, 0.4) is 0 Å². The maximum atomic E-state index is 10.3. The third-order valence-electron chi connectivity index (χ3n) is 1.29. The van der Waals surface area contributed by atoms with E-state index in [4.69, 9.17) is 20.4 Å². The molecule has 9 heteroatoms. The van der Waals surface area contributed by atoms with Crippen molar-refractivity contribution in [1.29, 1.82) is 0 Å². The zero-order valence-corrected chi connectivity index (χ0v) is 13.0. The number of carboxylic acid groups (broad SMARTS) is 3. The Morgan fingerprint density at radius 1 is 0.933 bits per heavy atom. The fraction of sp³-hybridized carbons (Fsp3) is 0.500. The van der Waals surface area contributed by atoms with Gasteiger partial charge in [-0.25, -0.2) is 4.79 Å². The van der Waals surface area contributed by atoms with Crippen LogP contribution in [0.2, 0.25) is 0 Å². The molecule has 15 heavy (non-hydrogen) atoms. The Hall–Kier alpha value is 0.747. The van der Waals surface area contributed by atoms with Crippen molar-refractivity contribution in [2.24, 2.45) is 0 Å². The molecule has 0 amide bonds. The molecule has 2 radical (unpaired) electrons. The van der Waals surface area contributed by atoms with Crippen molar-refractivity contribution in [2.75, 3.05) is 0 Å². The van der Waals surface area contributed by atoms with Crippen LogP contribution in [0.1, 0.15) is 12.8 Å². The van der Waals surface area contributed by atoms with Crippen molar-refractivity contribution in [3.8, 4) is 0 Å². The van der Waals surface area contributed by atoms with Crippen LogP contribution in [0.4, 0.5) is 0 Å². The first-order valence-electron chi connectivity index (χ1n) is 3.17. The average molecular weight is 428 g/mol. The van der Waals surface area contributed by atoms with Gasteiger partial charge < -0.3 is 20.4 Å². The average Bonchev–Trinajstić information content (AvgIpc) is 1.82. The second-order valence-electron chi connectivity index (χ2n) is 2.48. The molecule has 0 aliphatic heterocycles. The zero-order chi connectivity index (χ0) is 10.6. The molecule has 0 spiro atoms. The number of carbonyl (C=O) groups is 3. The Balaban J connectivity index is -0.000000720. The van der Waals surface area contributed by atoms with Crippen LogP contribution in [-0.2, 0) is 36.8 Å². The fourth-order valence-corrected chi connectivity index (χ4v) is 0.714. The third kappa shape index (κ3) is 8.54. The van der Waals surface area contributed by atoms with Gasteiger partial charge in [0.1, 0.15) is 0 Å². The second-order valence-corrected chi connectivity index (χ2v) is 2.48. The maximum Gasteiger partial charge on any atom is 0.336 e. The summed E-state index contributed by atoms with van der Waals surface area (Å²) < 4.78 is 0. The van der Waals surface area contributed by atoms with Crippen molar-refractivity contribution in [2.45, 2.75) is 18.4 Å². The number of aliphatic carboxylic acids is 3. The minimum absolute atomic E-state index is 0. The van der Waals surface area contributed by atoms with Gasteiger partial charge in [0, 0.05) is 73.8 Å². The molecule has 0 aromatic heterocycles. The van der Waals surface area contributed by atoms with Crippen LogP contribution in [-0.4, -0.2) is 95.3 Å². The summed E-state index contributed by atoms with van der Waals surface area (Å²) in [7, 11) is 0. The fourth-order valence-electron chi connectivity index (χ4n) is 0.714. The number of aliphatic hydroxyl groups is 1. The van der Waals surface area contributed by atoms with Gasteiger partial charge in [-0.15, -0.1) is 0 Å². The summed E-state index contributed by atoms with van der Waals surface area (Å²) in [4.78, 5) is 30.5. The summed E-state index contributed by atoms with van der Waals surface area (Å²) in [6, 6.07) is 0. The SMILES string of the molecule is O=C(O)CC(O)(CC(=O)O)C(=O)O.[Au].[K]. The van der Waals surface area contributed by atoms with E-state index < -0.39 is 36.4 Å². The van der Waals surface area contributed by atoms with E-state index in [9.17, 15) is 14.4 Å². The second kappa shape index (κ2) is 8.85. The Kier molecular flexibility index (Phi) is 12.4. The molecule has 0 rings (SSSR count). The van der Waals surface area contributed by atoms with Gasteiger partial charge in [0.25, 0.3) is 0 Å². The normalized spacial score (nSPS) is 9.40. The molecule has 0 unspecified atom stereocenters. The predicted molar refractivity (Wildman–Crippen MR) is 42.8 cm³/mol. The largest absolute Gasteiger partial charge is 0.481 e. The van der Waals surface area contributed by atoms with E-state index >= 15 is 0 Å². The van der Waals surface area contributed by atoms with Crippen molar-refractivity contribution < 1.29 is 57.2 Å². The van der Waals surface area contributed by atoms with Crippen LogP contribution >= 0.6 is 0 Å². The molecule has 86 valence electrons. The van der Waals surface area contributed by atoms with E-state index in [0.717, 1.165) is 0 Å². The van der Waals surface area contributed by atoms with Gasteiger partial charge in [-0.1, -0.05) is 0 Å².